The van der Waals surface area contributed by atoms with E-state index < -0.39 is 0 Å². The molecule has 0 aromatic rings. The quantitative estimate of drug-likeness (QED) is 0.682. The van der Waals surface area contributed by atoms with Crippen molar-refractivity contribution in [2.75, 3.05) is 19.7 Å². The number of hydrogen-bond donors (Lipinski definition) is 2. The second kappa shape index (κ2) is 9.35. The molecular weight excluding hydrogens is 252 g/mol. The molecule has 1 rings (SSSR count). The van der Waals surface area contributed by atoms with Crippen molar-refractivity contribution in [3.63, 3.8) is 0 Å². The predicted molar refractivity (Wildman–Crippen MR) is 82.6 cm³/mol. The highest BCUT2D eigenvalue weighted by molar-refractivity contribution is 5.78. The van der Waals surface area contributed by atoms with E-state index in [2.05, 4.69) is 31.0 Å². The van der Waals surface area contributed by atoms with Gasteiger partial charge in [-0.1, -0.05) is 13.8 Å². The standard InChI is InChI=1S/C16H32N2O2/c1-13(2)8-9-14(3)17-16(20)12-18-10-4-6-15(18)7-5-11-19/h13-15,19H,4-12H2,1-3H3,(H,17,20). The summed E-state index contributed by atoms with van der Waals surface area (Å²) < 4.78 is 0. The summed E-state index contributed by atoms with van der Waals surface area (Å²) >= 11 is 0. The van der Waals surface area contributed by atoms with E-state index in [0.29, 0.717) is 18.5 Å². The summed E-state index contributed by atoms with van der Waals surface area (Å²) in [5, 5.41) is 12.0. The number of carbonyl (C=O) groups excluding carboxylic acids is 1. The molecule has 1 aliphatic rings. The molecule has 118 valence electrons. The van der Waals surface area contributed by atoms with Gasteiger partial charge >= 0.3 is 0 Å². The summed E-state index contributed by atoms with van der Waals surface area (Å²) in [7, 11) is 0. The molecule has 0 radical (unpaired) electrons. The monoisotopic (exact) mass is 284 g/mol. The number of nitrogens with zero attached hydrogens (tertiary/aromatic N) is 1. The van der Waals surface area contributed by atoms with E-state index in [4.69, 9.17) is 5.11 Å². The largest absolute Gasteiger partial charge is 0.396 e. The smallest absolute Gasteiger partial charge is 0.234 e. The molecule has 0 aromatic heterocycles. The van der Waals surface area contributed by atoms with E-state index in [0.717, 1.165) is 38.6 Å². The molecule has 0 bridgehead atoms. The first-order valence-corrected chi connectivity index (χ1v) is 8.17. The fraction of sp³-hybridized carbons (Fsp3) is 0.938. The van der Waals surface area contributed by atoms with Crippen molar-refractivity contribution in [2.45, 2.75) is 71.4 Å². The molecular formula is C16H32N2O2. The normalized spacial score (nSPS) is 21.4. The maximum atomic E-state index is 12.1. The number of amides is 1. The Balaban J connectivity index is 2.26. The van der Waals surface area contributed by atoms with Gasteiger partial charge in [-0.05, 0) is 57.9 Å². The highest BCUT2D eigenvalue weighted by Gasteiger charge is 2.25. The maximum absolute atomic E-state index is 12.1. The highest BCUT2D eigenvalue weighted by atomic mass is 16.3. The van der Waals surface area contributed by atoms with Gasteiger partial charge in [-0.3, -0.25) is 9.69 Å². The third-order valence-corrected chi connectivity index (χ3v) is 4.13. The number of aliphatic hydroxyl groups excluding tert-OH is 1. The topological polar surface area (TPSA) is 52.6 Å². The van der Waals surface area contributed by atoms with Crippen molar-refractivity contribution < 1.29 is 9.90 Å². The molecule has 2 unspecified atom stereocenters. The summed E-state index contributed by atoms with van der Waals surface area (Å²) in [4.78, 5) is 14.3. The lowest BCUT2D eigenvalue weighted by atomic mass is 10.0. The molecule has 1 aliphatic heterocycles. The third kappa shape index (κ3) is 6.71. The van der Waals surface area contributed by atoms with Gasteiger partial charge in [0.2, 0.25) is 5.91 Å². The Bertz CT molecular complexity index is 282. The van der Waals surface area contributed by atoms with Gasteiger partial charge in [0.1, 0.15) is 0 Å². The lowest BCUT2D eigenvalue weighted by molar-refractivity contribution is -0.123. The van der Waals surface area contributed by atoms with Crippen LogP contribution in [0.15, 0.2) is 0 Å². The van der Waals surface area contributed by atoms with Crippen LogP contribution >= 0.6 is 0 Å². The summed E-state index contributed by atoms with van der Waals surface area (Å²) in [6, 6.07) is 0.752. The second-order valence-electron chi connectivity index (χ2n) is 6.57. The van der Waals surface area contributed by atoms with Crippen LogP contribution in [0, 0.1) is 5.92 Å². The Morgan fingerprint density at radius 3 is 2.75 bits per heavy atom. The van der Waals surface area contributed by atoms with E-state index >= 15 is 0 Å². The third-order valence-electron chi connectivity index (χ3n) is 4.13. The molecule has 0 saturated carbocycles. The van der Waals surface area contributed by atoms with Crippen molar-refractivity contribution in [3.8, 4) is 0 Å². The van der Waals surface area contributed by atoms with Crippen molar-refractivity contribution in [3.05, 3.63) is 0 Å². The van der Waals surface area contributed by atoms with Gasteiger partial charge < -0.3 is 10.4 Å². The van der Waals surface area contributed by atoms with E-state index in [1.807, 2.05) is 0 Å². The molecule has 1 amide bonds. The Morgan fingerprint density at radius 2 is 2.10 bits per heavy atom. The molecule has 0 aliphatic carbocycles. The highest BCUT2D eigenvalue weighted by Crippen LogP contribution is 2.20. The summed E-state index contributed by atoms with van der Waals surface area (Å²) in [6.07, 6.45) is 6.39. The number of carbonyl (C=O) groups is 1. The minimum Gasteiger partial charge on any atom is -0.396 e. The first kappa shape index (κ1) is 17.4. The molecule has 4 nitrogen and oxygen atoms in total. The molecule has 0 spiro atoms. The number of nitrogens with one attached hydrogen (secondary N) is 1. The van der Waals surface area contributed by atoms with Crippen molar-refractivity contribution in [1.29, 1.82) is 0 Å². The summed E-state index contributed by atoms with van der Waals surface area (Å²) in [6.45, 7) is 8.30. The van der Waals surface area contributed by atoms with E-state index in [1.165, 1.54) is 6.42 Å². The van der Waals surface area contributed by atoms with Crippen molar-refractivity contribution in [2.24, 2.45) is 5.92 Å². The zero-order chi connectivity index (χ0) is 15.0. The molecule has 2 atom stereocenters. The second-order valence-corrected chi connectivity index (χ2v) is 6.57. The van der Waals surface area contributed by atoms with Crippen LogP contribution in [0.5, 0.6) is 0 Å². The van der Waals surface area contributed by atoms with Crippen LogP contribution in [0.1, 0.15) is 59.3 Å². The maximum Gasteiger partial charge on any atom is 0.234 e. The van der Waals surface area contributed by atoms with Gasteiger partial charge in [0, 0.05) is 18.7 Å². The van der Waals surface area contributed by atoms with Crippen LogP contribution in [0.2, 0.25) is 0 Å². The Hall–Kier alpha value is -0.610. The number of rotatable bonds is 9. The van der Waals surface area contributed by atoms with Crippen LogP contribution in [-0.2, 0) is 4.79 Å². The van der Waals surface area contributed by atoms with Crippen LogP contribution in [0.25, 0.3) is 0 Å². The number of likely N-dealkylation sites (tertiary alicyclic amines) is 1. The predicted octanol–water partition coefficient (Wildman–Crippen LogP) is 2.16. The first-order chi connectivity index (χ1) is 9.52. The van der Waals surface area contributed by atoms with E-state index in [9.17, 15) is 4.79 Å². The Kier molecular flexibility index (Phi) is 8.15. The van der Waals surface area contributed by atoms with Gasteiger partial charge in [-0.15, -0.1) is 0 Å². The van der Waals surface area contributed by atoms with E-state index in [1.54, 1.807) is 0 Å². The molecule has 1 fully saturated rings. The molecule has 1 saturated heterocycles. The fourth-order valence-electron chi connectivity index (χ4n) is 2.92. The Morgan fingerprint density at radius 1 is 1.35 bits per heavy atom. The van der Waals surface area contributed by atoms with Crippen LogP contribution in [0.3, 0.4) is 0 Å². The average molecular weight is 284 g/mol. The van der Waals surface area contributed by atoms with Crippen molar-refractivity contribution in [1.82, 2.24) is 10.2 Å². The zero-order valence-electron chi connectivity index (χ0n) is 13.4. The fourth-order valence-corrected chi connectivity index (χ4v) is 2.92. The minimum absolute atomic E-state index is 0.150. The van der Waals surface area contributed by atoms with E-state index in [-0.39, 0.29) is 18.6 Å². The molecule has 4 heteroatoms. The number of hydrogen-bond acceptors (Lipinski definition) is 3. The van der Waals surface area contributed by atoms with Crippen LogP contribution in [0.4, 0.5) is 0 Å². The zero-order valence-corrected chi connectivity index (χ0v) is 13.4. The van der Waals surface area contributed by atoms with Gasteiger partial charge in [-0.25, -0.2) is 0 Å². The van der Waals surface area contributed by atoms with Gasteiger partial charge in [-0.2, -0.15) is 0 Å². The van der Waals surface area contributed by atoms with Gasteiger partial charge in [0.25, 0.3) is 0 Å². The lowest BCUT2D eigenvalue weighted by Gasteiger charge is -2.24. The number of aliphatic hydroxyl groups is 1. The van der Waals surface area contributed by atoms with Crippen LogP contribution in [-0.4, -0.2) is 47.7 Å². The molecule has 2 N–H and O–H groups in total. The average Bonchev–Trinajstić information content (AvgIpc) is 2.81. The van der Waals surface area contributed by atoms with Gasteiger partial charge in [0.05, 0.1) is 6.54 Å². The SMILES string of the molecule is CC(C)CCC(C)NC(=O)CN1CCCC1CCCO. The van der Waals surface area contributed by atoms with Crippen LogP contribution < -0.4 is 5.32 Å². The molecule has 0 aromatic carbocycles. The molecule has 1 heterocycles. The summed E-state index contributed by atoms with van der Waals surface area (Å²) in [5.41, 5.74) is 0. The van der Waals surface area contributed by atoms with Gasteiger partial charge in [0.15, 0.2) is 0 Å². The lowest BCUT2D eigenvalue weighted by Crippen LogP contribution is -2.42. The first-order valence-electron chi connectivity index (χ1n) is 8.17. The Labute approximate surface area is 123 Å². The summed E-state index contributed by atoms with van der Waals surface area (Å²) in [5.74, 6) is 0.841. The minimum atomic E-state index is 0.150. The van der Waals surface area contributed by atoms with Crippen molar-refractivity contribution >= 4 is 5.91 Å². The molecule has 20 heavy (non-hydrogen) atoms.